The molecular formula is C17H15Cl2N5O3. The third-order valence-electron chi connectivity index (χ3n) is 3.64. The maximum absolute atomic E-state index is 12.2. The highest BCUT2D eigenvalue weighted by molar-refractivity contribution is 6.33. The number of rotatable bonds is 6. The van der Waals surface area contributed by atoms with Gasteiger partial charge in [-0.2, -0.15) is 10.1 Å². The first-order valence-corrected chi connectivity index (χ1v) is 8.77. The largest absolute Gasteiger partial charge is 0.337 e. The molecular weight excluding hydrogens is 393 g/mol. The van der Waals surface area contributed by atoms with E-state index in [0.29, 0.717) is 17.3 Å². The van der Waals surface area contributed by atoms with E-state index in [9.17, 15) is 9.59 Å². The summed E-state index contributed by atoms with van der Waals surface area (Å²) in [6.45, 7) is 1.29. The van der Waals surface area contributed by atoms with Crippen LogP contribution in [-0.4, -0.2) is 25.8 Å². The Balaban J connectivity index is 1.67. The van der Waals surface area contributed by atoms with Crippen molar-refractivity contribution in [2.75, 3.05) is 5.32 Å². The first kappa shape index (κ1) is 19.1. The quantitative estimate of drug-likeness (QED) is 0.673. The summed E-state index contributed by atoms with van der Waals surface area (Å²) in [6.07, 6.45) is 2.60. The van der Waals surface area contributed by atoms with Crippen LogP contribution in [0.1, 0.15) is 24.2 Å². The molecule has 10 heteroatoms. The molecule has 0 atom stereocenters. The van der Waals surface area contributed by atoms with Gasteiger partial charge in [0.2, 0.25) is 11.8 Å². The average molecular weight is 408 g/mol. The minimum absolute atomic E-state index is 0.0210. The fourth-order valence-electron chi connectivity index (χ4n) is 2.35. The number of aromatic nitrogens is 4. The maximum Gasteiger partial charge on any atom is 0.288 e. The molecule has 0 bridgehead atoms. The third kappa shape index (κ3) is 4.93. The molecule has 1 aromatic carbocycles. The van der Waals surface area contributed by atoms with Crippen molar-refractivity contribution in [3.05, 3.63) is 68.1 Å². The van der Waals surface area contributed by atoms with Gasteiger partial charge in [0.25, 0.3) is 5.56 Å². The molecule has 2 aromatic heterocycles. The molecule has 2 heterocycles. The van der Waals surface area contributed by atoms with Crippen LogP contribution in [0.5, 0.6) is 0 Å². The summed E-state index contributed by atoms with van der Waals surface area (Å²) in [5, 5.41) is 10.9. The van der Waals surface area contributed by atoms with Crippen LogP contribution < -0.4 is 10.9 Å². The van der Waals surface area contributed by atoms with Gasteiger partial charge in [-0.25, -0.2) is 4.68 Å². The fourth-order valence-corrected chi connectivity index (χ4v) is 2.67. The van der Waals surface area contributed by atoms with E-state index in [0.717, 1.165) is 16.7 Å². The van der Waals surface area contributed by atoms with Gasteiger partial charge in [0.05, 0.1) is 11.9 Å². The van der Waals surface area contributed by atoms with Gasteiger partial charge in [0, 0.05) is 18.4 Å². The van der Waals surface area contributed by atoms with Crippen molar-refractivity contribution in [2.24, 2.45) is 0 Å². The van der Waals surface area contributed by atoms with E-state index < -0.39 is 5.56 Å². The lowest BCUT2D eigenvalue weighted by Gasteiger charge is -2.06. The van der Waals surface area contributed by atoms with Crippen LogP contribution in [0.2, 0.25) is 10.0 Å². The number of carbonyl (C=O) groups is 1. The van der Waals surface area contributed by atoms with Crippen molar-refractivity contribution in [3.63, 3.8) is 0 Å². The lowest BCUT2D eigenvalue weighted by molar-refractivity contribution is -0.114. The second-order valence-electron chi connectivity index (χ2n) is 5.75. The topological polar surface area (TPSA) is 103 Å². The molecule has 0 radical (unpaired) electrons. The van der Waals surface area contributed by atoms with Gasteiger partial charge in [-0.1, -0.05) is 40.5 Å². The third-order valence-corrected chi connectivity index (χ3v) is 4.26. The molecule has 0 unspecified atom stereocenters. The van der Waals surface area contributed by atoms with E-state index in [1.54, 1.807) is 0 Å². The Hall–Kier alpha value is -2.71. The average Bonchev–Trinajstić information content (AvgIpc) is 3.08. The number of amides is 1. The van der Waals surface area contributed by atoms with Gasteiger partial charge in [-0.3, -0.25) is 9.59 Å². The Kier molecular flexibility index (Phi) is 5.88. The van der Waals surface area contributed by atoms with Crippen LogP contribution >= 0.6 is 23.2 Å². The molecule has 0 fully saturated rings. The molecule has 1 N–H and O–H groups in total. The second kappa shape index (κ2) is 8.32. The van der Waals surface area contributed by atoms with Gasteiger partial charge in [-0.05, 0) is 24.1 Å². The van der Waals surface area contributed by atoms with Gasteiger partial charge in [-0.15, -0.1) is 0 Å². The van der Waals surface area contributed by atoms with Gasteiger partial charge in [0.15, 0.2) is 5.82 Å². The Labute approximate surface area is 164 Å². The molecule has 0 saturated carbocycles. The summed E-state index contributed by atoms with van der Waals surface area (Å²) in [6, 6.07) is 7.52. The fraction of sp³-hybridized carbons (Fsp3) is 0.235. The zero-order valence-electron chi connectivity index (χ0n) is 14.3. The summed E-state index contributed by atoms with van der Waals surface area (Å²) >= 11 is 11.8. The number of anilines is 1. The van der Waals surface area contributed by atoms with Gasteiger partial charge in [0.1, 0.15) is 11.6 Å². The number of nitrogens with one attached hydrogen (secondary N) is 1. The first-order chi connectivity index (χ1) is 12.9. The van der Waals surface area contributed by atoms with Crippen LogP contribution in [0, 0.1) is 0 Å². The Bertz CT molecular complexity index is 1010. The maximum atomic E-state index is 12.2. The lowest BCUT2D eigenvalue weighted by Crippen LogP contribution is -2.25. The number of halogens is 2. The van der Waals surface area contributed by atoms with Crippen molar-refractivity contribution in [3.8, 4) is 0 Å². The summed E-state index contributed by atoms with van der Waals surface area (Å²) in [7, 11) is 0. The zero-order chi connectivity index (χ0) is 19.4. The van der Waals surface area contributed by atoms with Crippen LogP contribution in [0.25, 0.3) is 0 Å². The minimum atomic E-state index is -0.566. The highest BCUT2D eigenvalue weighted by Gasteiger charge is 2.13. The van der Waals surface area contributed by atoms with Crippen LogP contribution in [0.4, 0.5) is 5.69 Å². The number of benzene rings is 1. The molecule has 0 aliphatic carbocycles. The highest BCUT2D eigenvalue weighted by Crippen LogP contribution is 2.15. The summed E-state index contributed by atoms with van der Waals surface area (Å²) in [5.74, 6) is 0.408. The van der Waals surface area contributed by atoms with Crippen molar-refractivity contribution >= 4 is 34.8 Å². The van der Waals surface area contributed by atoms with Crippen molar-refractivity contribution in [2.45, 2.75) is 26.3 Å². The predicted molar refractivity (Wildman–Crippen MR) is 100 cm³/mol. The monoisotopic (exact) mass is 407 g/mol. The van der Waals surface area contributed by atoms with E-state index >= 15 is 0 Å². The first-order valence-electron chi connectivity index (χ1n) is 8.01. The van der Waals surface area contributed by atoms with E-state index in [2.05, 4.69) is 20.6 Å². The normalized spacial score (nSPS) is 10.8. The number of hydrogen-bond donors (Lipinski definition) is 1. The molecule has 27 heavy (non-hydrogen) atoms. The van der Waals surface area contributed by atoms with E-state index in [-0.39, 0.29) is 29.1 Å². The molecule has 0 saturated heterocycles. The van der Waals surface area contributed by atoms with Crippen LogP contribution in [0.3, 0.4) is 0 Å². The van der Waals surface area contributed by atoms with Crippen LogP contribution in [0.15, 0.2) is 39.8 Å². The molecule has 0 aliphatic rings. The number of hydrogen-bond acceptors (Lipinski definition) is 6. The molecule has 0 spiro atoms. The SMILES string of the molecule is CC(=O)Nc1cnn(Cc2nc(CCc3ccc(Cl)cc3)no2)c(=O)c1Cl. The summed E-state index contributed by atoms with van der Waals surface area (Å²) in [4.78, 5) is 27.6. The smallest absolute Gasteiger partial charge is 0.288 e. The minimum Gasteiger partial charge on any atom is -0.337 e. The Morgan fingerprint density at radius 2 is 1.96 bits per heavy atom. The lowest BCUT2D eigenvalue weighted by atomic mass is 10.1. The highest BCUT2D eigenvalue weighted by atomic mass is 35.5. The molecule has 1 amide bonds. The molecule has 140 valence electrons. The Morgan fingerprint density at radius 1 is 1.22 bits per heavy atom. The number of carbonyl (C=O) groups excluding carboxylic acids is 1. The standard InChI is InChI=1S/C17H15Cl2N5O3/c1-10(25)21-13-8-20-24(17(26)16(13)19)9-15-22-14(23-27-15)7-4-11-2-5-12(18)6-3-11/h2-3,5-6,8H,4,7,9H2,1H3,(H,21,25). The predicted octanol–water partition coefficient (Wildman–Crippen LogP) is 2.73. The number of nitrogens with zero attached hydrogens (tertiary/aromatic N) is 4. The van der Waals surface area contributed by atoms with Gasteiger partial charge < -0.3 is 9.84 Å². The zero-order valence-corrected chi connectivity index (χ0v) is 15.8. The summed E-state index contributed by atoms with van der Waals surface area (Å²) < 4.78 is 6.26. The van der Waals surface area contributed by atoms with E-state index in [4.69, 9.17) is 27.7 Å². The Morgan fingerprint density at radius 3 is 2.67 bits per heavy atom. The van der Waals surface area contributed by atoms with Crippen molar-refractivity contribution in [1.29, 1.82) is 0 Å². The van der Waals surface area contributed by atoms with Crippen molar-refractivity contribution in [1.82, 2.24) is 19.9 Å². The summed E-state index contributed by atoms with van der Waals surface area (Å²) in [5.41, 5.74) is 0.687. The second-order valence-corrected chi connectivity index (χ2v) is 6.56. The number of aryl methyl sites for hydroxylation is 2. The van der Waals surface area contributed by atoms with Crippen LogP contribution in [-0.2, 0) is 24.2 Å². The molecule has 8 nitrogen and oxygen atoms in total. The van der Waals surface area contributed by atoms with E-state index in [1.165, 1.54) is 13.1 Å². The van der Waals surface area contributed by atoms with Gasteiger partial charge >= 0.3 is 0 Å². The molecule has 3 rings (SSSR count). The van der Waals surface area contributed by atoms with E-state index in [1.807, 2.05) is 24.3 Å². The molecule has 0 aliphatic heterocycles. The van der Waals surface area contributed by atoms with Crippen molar-refractivity contribution < 1.29 is 9.32 Å². The molecule has 3 aromatic rings.